The topological polar surface area (TPSA) is 74.4 Å². The normalized spacial score (nSPS) is 19.6. The number of ketones is 1. The molecule has 34 heavy (non-hydrogen) atoms. The van der Waals surface area contributed by atoms with Crippen LogP contribution in [0.15, 0.2) is 72.8 Å². The first-order chi connectivity index (χ1) is 16.7. The number of nitrogens with one attached hydrogen (secondary N) is 2. The second kappa shape index (κ2) is 6.29. The fourth-order valence-electron chi connectivity index (χ4n) is 5.82. The Bertz CT molecular complexity index is 1800. The van der Waals surface area contributed by atoms with Gasteiger partial charge >= 0.3 is 0 Å². The van der Waals surface area contributed by atoms with Crippen LogP contribution in [0.25, 0.3) is 45.4 Å². The summed E-state index contributed by atoms with van der Waals surface area (Å²) in [4.78, 5) is 30.2. The van der Waals surface area contributed by atoms with Crippen molar-refractivity contribution in [2.24, 2.45) is 0 Å². The average molecular weight is 438 g/mol. The summed E-state index contributed by atoms with van der Waals surface area (Å²) in [5.74, 6) is -0.225. The zero-order valence-electron chi connectivity index (χ0n) is 18.0. The Morgan fingerprint density at radius 2 is 1.12 bits per heavy atom. The Kier molecular flexibility index (Phi) is 3.33. The van der Waals surface area contributed by atoms with Crippen LogP contribution in [-0.4, -0.2) is 25.7 Å². The van der Waals surface area contributed by atoms with Gasteiger partial charge in [-0.1, -0.05) is 24.3 Å². The molecule has 1 aromatic carbocycles. The SMILES string of the molecule is O=C1C2C3=C(c4cc5ccc(cc6ccc(cc7nc(cc3n4)C=C7)[nH]6)[nH]5)[C@H]1c1ccccc12. The van der Waals surface area contributed by atoms with Gasteiger partial charge in [-0.2, -0.15) is 0 Å². The van der Waals surface area contributed by atoms with Crippen LogP contribution in [0.2, 0.25) is 0 Å². The lowest BCUT2D eigenvalue weighted by Gasteiger charge is -2.16. The highest BCUT2D eigenvalue weighted by Crippen LogP contribution is 2.61. The number of Topliss-reactive ketones (excluding diaryl/α,β-unsaturated/α-hetero) is 1. The van der Waals surface area contributed by atoms with Crippen molar-refractivity contribution in [1.29, 1.82) is 0 Å². The quantitative estimate of drug-likeness (QED) is 0.318. The molecule has 0 radical (unpaired) electrons. The number of nitrogens with zero attached hydrogens (tertiary/aromatic N) is 2. The Morgan fingerprint density at radius 1 is 0.588 bits per heavy atom. The molecule has 10 bridgehead atoms. The van der Waals surface area contributed by atoms with E-state index in [0.717, 1.165) is 67.1 Å². The van der Waals surface area contributed by atoms with E-state index in [1.807, 2.05) is 36.4 Å². The first-order valence-electron chi connectivity index (χ1n) is 11.4. The summed E-state index contributed by atoms with van der Waals surface area (Å²) in [6.07, 6.45) is 4.01. The lowest BCUT2D eigenvalue weighted by molar-refractivity contribution is -0.118. The molecule has 0 saturated heterocycles. The van der Waals surface area contributed by atoms with Gasteiger partial charge in [0.15, 0.2) is 5.78 Å². The molecular formula is C29H18N4O. The van der Waals surface area contributed by atoms with Crippen molar-refractivity contribution in [1.82, 2.24) is 19.9 Å². The van der Waals surface area contributed by atoms with Crippen molar-refractivity contribution in [3.05, 3.63) is 107 Å². The molecule has 4 aromatic rings. The number of carbonyl (C=O) groups excluding carboxylic acids is 1. The highest BCUT2D eigenvalue weighted by Gasteiger charge is 2.53. The van der Waals surface area contributed by atoms with Crippen LogP contribution in [0.1, 0.15) is 45.7 Å². The summed E-state index contributed by atoms with van der Waals surface area (Å²) in [5.41, 5.74) is 11.7. The number of benzene rings is 1. The summed E-state index contributed by atoms with van der Waals surface area (Å²) in [6.45, 7) is 0. The van der Waals surface area contributed by atoms with E-state index in [9.17, 15) is 4.79 Å². The molecule has 160 valence electrons. The van der Waals surface area contributed by atoms with Gasteiger partial charge in [0.25, 0.3) is 0 Å². The molecule has 0 fully saturated rings. The lowest BCUT2D eigenvalue weighted by atomic mass is 9.85. The summed E-state index contributed by atoms with van der Waals surface area (Å²) in [6, 6.07) is 24.6. The van der Waals surface area contributed by atoms with Crippen LogP contribution in [0.3, 0.4) is 0 Å². The maximum Gasteiger partial charge on any atom is 0.156 e. The molecule has 1 unspecified atom stereocenters. The molecule has 0 amide bonds. The van der Waals surface area contributed by atoms with E-state index in [1.165, 1.54) is 0 Å². The Morgan fingerprint density at radius 3 is 1.76 bits per heavy atom. The van der Waals surface area contributed by atoms with E-state index in [0.29, 0.717) is 0 Å². The van der Waals surface area contributed by atoms with Crippen LogP contribution >= 0.6 is 0 Å². The van der Waals surface area contributed by atoms with E-state index < -0.39 is 0 Å². The fraction of sp³-hybridized carbons (Fsp3) is 0.0690. The van der Waals surface area contributed by atoms with Crippen molar-refractivity contribution in [2.75, 3.05) is 0 Å². The predicted octanol–water partition coefficient (Wildman–Crippen LogP) is 5.86. The minimum atomic E-state index is -0.246. The number of aromatic nitrogens is 4. The van der Waals surface area contributed by atoms with Gasteiger partial charge < -0.3 is 9.97 Å². The number of carbonyl (C=O) groups is 1. The number of fused-ring (bicyclic) bond motifs is 17. The van der Waals surface area contributed by atoms with Gasteiger partial charge in [0.1, 0.15) is 0 Å². The number of hydrogen-bond acceptors (Lipinski definition) is 3. The predicted molar refractivity (Wildman–Crippen MR) is 134 cm³/mol. The molecule has 2 N–H and O–H groups in total. The third-order valence-electron chi connectivity index (χ3n) is 7.18. The van der Waals surface area contributed by atoms with Gasteiger partial charge in [0.2, 0.25) is 0 Å². The van der Waals surface area contributed by atoms with E-state index in [-0.39, 0.29) is 17.6 Å². The van der Waals surface area contributed by atoms with E-state index in [2.05, 4.69) is 58.5 Å². The van der Waals surface area contributed by atoms with Gasteiger partial charge in [-0.25, -0.2) is 9.97 Å². The van der Waals surface area contributed by atoms with Crippen molar-refractivity contribution >= 4 is 51.1 Å². The molecule has 5 heterocycles. The Balaban J connectivity index is 1.45. The molecule has 4 aliphatic rings. The van der Waals surface area contributed by atoms with Gasteiger partial charge in [-0.3, -0.25) is 4.79 Å². The van der Waals surface area contributed by atoms with Crippen molar-refractivity contribution < 1.29 is 4.79 Å². The van der Waals surface area contributed by atoms with Crippen LogP contribution in [0, 0.1) is 0 Å². The minimum absolute atomic E-state index is 0.242. The molecular weight excluding hydrogens is 420 g/mol. The van der Waals surface area contributed by atoms with Crippen molar-refractivity contribution in [3.8, 4) is 0 Å². The zero-order chi connectivity index (χ0) is 22.4. The fourth-order valence-corrected chi connectivity index (χ4v) is 5.82. The van der Waals surface area contributed by atoms with Crippen LogP contribution in [0.4, 0.5) is 0 Å². The van der Waals surface area contributed by atoms with E-state index in [1.54, 1.807) is 0 Å². The largest absolute Gasteiger partial charge is 0.355 e. The average Bonchev–Trinajstić information content (AvgIpc) is 3.66. The standard InChI is InChI=1S/C29H18N4O/c34-29-25-21-3-1-2-4-22(21)26(29)28-24-14-20-10-8-18(32-20)12-16-6-5-15(30-16)11-17-7-9-19(31-17)13-23(33-24)27(25)28/h1-14,25-26,30-31H/t25-,26?/m1/s1. The molecule has 0 saturated carbocycles. The van der Waals surface area contributed by atoms with Crippen LogP contribution in [-0.2, 0) is 4.79 Å². The number of allylic oxidation sites excluding steroid dienone is 2. The zero-order valence-corrected chi connectivity index (χ0v) is 18.0. The molecule has 2 aliphatic heterocycles. The van der Waals surface area contributed by atoms with E-state index >= 15 is 0 Å². The van der Waals surface area contributed by atoms with Crippen LogP contribution < -0.4 is 0 Å². The van der Waals surface area contributed by atoms with Crippen molar-refractivity contribution in [3.63, 3.8) is 0 Å². The summed E-state index contributed by atoms with van der Waals surface area (Å²) >= 11 is 0. The third-order valence-corrected chi connectivity index (χ3v) is 7.18. The van der Waals surface area contributed by atoms with Crippen molar-refractivity contribution in [2.45, 2.75) is 11.8 Å². The van der Waals surface area contributed by atoms with Crippen LogP contribution in [0.5, 0.6) is 0 Å². The molecule has 5 nitrogen and oxygen atoms in total. The van der Waals surface area contributed by atoms with E-state index in [4.69, 9.17) is 9.97 Å². The smallest absolute Gasteiger partial charge is 0.156 e. The maximum atomic E-state index is 13.5. The maximum absolute atomic E-state index is 13.5. The Labute approximate surface area is 194 Å². The minimum Gasteiger partial charge on any atom is -0.355 e. The Hall–Kier alpha value is -4.51. The summed E-state index contributed by atoms with van der Waals surface area (Å²) in [5, 5.41) is 0. The second-order valence-corrected chi connectivity index (χ2v) is 9.22. The molecule has 8 rings (SSSR count). The number of aromatic amines is 2. The molecule has 2 atom stereocenters. The molecule has 3 aromatic heterocycles. The first-order valence-corrected chi connectivity index (χ1v) is 11.4. The number of rotatable bonds is 0. The van der Waals surface area contributed by atoms with Gasteiger partial charge in [-0.05, 0) is 83.0 Å². The van der Waals surface area contributed by atoms with Gasteiger partial charge in [-0.15, -0.1) is 0 Å². The molecule has 2 aliphatic carbocycles. The highest BCUT2D eigenvalue weighted by molar-refractivity contribution is 6.25. The number of H-pyrrole nitrogens is 2. The van der Waals surface area contributed by atoms with Gasteiger partial charge in [0, 0.05) is 22.1 Å². The summed E-state index contributed by atoms with van der Waals surface area (Å²) in [7, 11) is 0. The second-order valence-electron chi connectivity index (χ2n) is 9.22. The summed E-state index contributed by atoms with van der Waals surface area (Å²) < 4.78 is 0. The lowest BCUT2D eigenvalue weighted by Crippen LogP contribution is -2.06. The van der Waals surface area contributed by atoms with Gasteiger partial charge in [0.05, 0.1) is 34.6 Å². The monoisotopic (exact) mass is 438 g/mol. The highest BCUT2D eigenvalue weighted by atomic mass is 16.1. The molecule has 0 spiro atoms. The molecule has 5 heteroatoms. The first kappa shape index (κ1) is 18.0. The third kappa shape index (κ3) is 2.41. The number of hydrogen-bond donors (Lipinski definition) is 2.